The Balaban J connectivity index is 2.38. The molecule has 0 saturated carbocycles. The summed E-state index contributed by atoms with van der Waals surface area (Å²) in [5.41, 5.74) is 3.38. The molecular weight excluding hydrogens is 334 g/mol. The summed E-state index contributed by atoms with van der Waals surface area (Å²) in [6.07, 6.45) is -8.99. The Kier molecular flexibility index (Phi) is 5.20. The van der Waals surface area contributed by atoms with E-state index in [1.165, 1.54) is 0 Å². The van der Waals surface area contributed by atoms with Crippen LogP contribution in [0.5, 0.6) is 0 Å². The highest BCUT2D eigenvalue weighted by molar-refractivity contribution is 5.35. The van der Waals surface area contributed by atoms with E-state index in [9.17, 15) is 26.3 Å². The van der Waals surface area contributed by atoms with Crippen molar-refractivity contribution in [2.45, 2.75) is 44.7 Å². The van der Waals surface area contributed by atoms with Gasteiger partial charge in [0.2, 0.25) is 0 Å². The zero-order valence-electron chi connectivity index (χ0n) is 13.4. The Labute approximate surface area is 136 Å². The molecule has 1 aromatic carbocycles. The highest BCUT2D eigenvalue weighted by Gasteiger charge is 2.38. The zero-order valence-corrected chi connectivity index (χ0v) is 13.4. The van der Waals surface area contributed by atoms with E-state index in [0.29, 0.717) is 19.5 Å². The van der Waals surface area contributed by atoms with Crippen LogP contribution in [0, 0.1) is 5.92 Å². The van der Waals surface area contributed by atoms with Crippen LogP contribution in [-0.4, -0.2) is 24.0 Å². The second-order valence-corrected chi connectivity index (χ2v) is 6.44. The molecule has 136 valence electrons. The van der Waals surface area contributed by atoms with Gasteiger partial charge in [0.15, 0.2) is 0 Å². The Morgan fingerprint density at radius 2 is 1.54 bits per heavy atom. The molecule has 2 N–H and O–H groups in total. The quantitative estimate of drug-likeness (QED) is 0.795. The zero-order chi connectivity index (χ0) is 18.3. The number of hydrogen-bond donors (Lipinski definition) is 1. The molecule has 1 aliphatic rings. The van der Waals surface area contributed by atoms with Crippen molar-refractivity contribution in [1.82, 2.24) is 4.90 Å². The molecule has 2 rings (SSSR count). The fourth-order valence-electron chi connectivity index (χ4n) is 2.98. The maximum absolute atomic E-state index is 13.0. The van der Waals surface area contributed by atoms with Crippen LogP contribution in [-0.2, 0) is 12.4 Å². The van der Waals surface area contributed by atoms with Gasteiger partial charge in [0.25, 0.3) is 0 Å². The van der Waals surface area contributed by atoms with Crippen molar-refractivity contribution in [2.75, 3.05) is 13.1 Å². The van der Waals surface area contributed by atoms with Crippen molar-refractivity contribution >= 4 is 0 Å². The number of rotatable bonds is 2. The summed E-state index contributed by atoms with van der Waals surface area (Å²) in [6, 6.07) is 1.22. The molecule has 0 bridgehead atoms. The predicted molar refractivity (Wildman–Crippen MR) is 78.2 cm³/mol. The van der Waals surface area contributed by atoms with Crippen molar-refractivity contribution in [3.63, 3.8) is 0 Å². The summed E-state index contributed by atoms with van der Waals surface area (Å²) >= 11 is 0. The first kappa shape index (κ1) is 19.1. The van der Waals surface area contributed by atoms with Crippen LogP contribution in [0.15, 0.2) is 18.2 Å². The van der Waals surface area contributed by atoms with Gasteiger partial charge in [-0.2, -0.15) is 26.3 Å². The Morgan fingerprint density at radius 3 is 1.96 bits per heavy atom. The third kappa shape index (κ3) is 4.22. The largest absolute Gasteiger partial charge is 0.416 e. The Morgan fingerprint density at radius 1 is 1.04 bits per heavy atom. The number of benzene rings is 1. The highest BCUT2D eigenvalue weighted by Crippen LogP contribution is 2.38. The molecule has 1 aliphatic heterocycles. The topological polar surface area (TPSA) is 29.3 Å². The molecule has 1 fully saturated rings. The van der Waals surface area contributed by atoms with Gasteiger partial charge in [-0.25, -0.2) is 0 Å². The molecule has 24 heavy (non-hydrogen) atoms. The lowest BCUT2D eigenvalue weighted by atomic mass is 9.92. The average Bonchev–Trinajstić information content (AvgIpc) is 2.47. The SMILES string of the molecule is CC1CN(C(C)c2cc(C(F)(F)F)cc(C(F)(F)F)c2)CCC1N. The maximum atomic E-state index is 13.0. The number of piperidine rings is 1. The van der Waals surface area contributed by atoms with Crippen LogP contribution in [0.25, 0.3) is 0 Å². The van der Waals surface area contributed by atoms with Gasteiger partial charge in [-0.3, -0.25) is 4.90 Å². The van der Waals surface area contributed by atoms with Crippen LogP contribution in [0.1, 0.15) is 43.0 Å². The minimum absolute atomic E-state index is 0.000644. The Bertz CT molecular complexity index is 549. The fraction of sp³-hybridized carbons (Fsp3) is 0.625. The van der Waals surface area contributed by atoms with Gasteiger partial charge in [0.1, 0.15) is 0 Å². The second-order valence-electron chi connectivity index (χ2n) is 6.44. The summed E-state index contributed by atoms with van der Waals surface area (Å²) in [5.74, 6) is 0.133. The van der Waals surface area contributed by atoms with E-state index in [1.807, 2.05) is 11.8 Å². The molecule has 0 aromatic heterocycles. The number of nitrogens with two attached hydrogens (primary N) is 1. The maximum Gasteiger partial charge on any atom is 0.416 e. The highest BCUT2D eigenvalue weighted by atomic mass is 19.4. The van der Waals surface area contributed by atoms with Gasteiger partial charge in [-0.1, -0.05) is 6.92 Å². The summed E-state index contributed by atoms with van der Waals surface area (Å²) in [4.78, 5) is 1.88. The van der Waals surface area contributed by atoms with E-state index in [4.69, 9.17) is 5.73 Å². The van der Waals surface area contributed by atoms with Crippen LogP contribution < -0.4 is 5.73 Å². The van der Waals surface area contributed by atoms with Gasteiger partial charge in [-0.15, -0.1) is 0 Å². The average molecular weight is 354 g/mol. The lowest BCUT2D eigenvalue weighted by molar-refractivity contribution is -0.143. The summed E-state index contributed by atoms with van der Waals surface area (Å²) < 4.78 is 77.7. The number of halogens is 6. The van der Waals surface area contributed by atoms with Gasteiger partial charge in [0.05, 0.1) is 11.1 Å². The van der Waals surface area contributed by atoms with E-state index < -0.39 is 29.5 Å². The van der Waals surface area contributed by atoms with Crippen molar-refractivity contribution in [3.05, 3.63) is 34.9 Å². The lowest BCUT2D eigenvalue weighted by Crippen LogP contribution is -2.46. The first-order valence-corrected chi connectivity index (χ1v) is 7.68. The van der Waals surface area contributed by atoms with Gasteiger partial charge in [0, 0.05) is 25.2 Å². The molecule has 1 heterocycles. The summed E-state index contributed by atoms with van der Waals surface area (Å²) in [6.45, 7) is 4.64. The van der Waals surface area contributed by atoms with Crippen molar-refractivity contribution in [2.24, 2.45) is 11.7 Å². The fourth-order valence-corrected chi connectivity index (χ4v) is 2.98. The van der Waals surface area contributed by atoms with Crippen LogP contribution >= 0.6 is 0 Å². The smallest absolute Gasteiger partial charge is 0.327 e. The monoisotopic (exact) mass is 354 g/mol. The number of nitrogens with zero attached hydrogens (tertiary/aromatic N) is 1. The van der Waals surface area contributed by atoms with E-state index >= 15 is 0 Å². The second kappa shape index (κ2) is 6.55. The van der Waals surface area contributed by atoms with Gasteiger partial charge in [-0.05, 0) is 43.0 Å². The molecular formula is C16H20F6N2. The first-order chi connectivity index (χ1) is 10.9. The third-order valence-corrected chi connectivity index (χ3v) is 4.64. The molecule has 0 radical (unpaired) electrons. The molecule has 3 atom stereocenters. The van der Waals surface area contributed by atoms with E-state index in [0.717, 1.165) is 12.1 Å². The molecule has 8 heteroatoms. The molecule has 0 aliphatic carbocycles. The number of alkyl halides is 6. The molecule has 2 nitrogen and oxygen atoms in total. The molecule has 1 saturated heterocycles. The van der Waals surface area contributed by atoms with E-state index in [1.54, 1.807) is 6.92 Å². The minimum atomic E-state index is -4.83. The third-order valence-electron chi connectivity index (χ3n) is 4.64. The van der Waals surface area contributed by atoms with Crippen LogP contribution in [0.4, 0.5) is 26.3 Å². The van der Waals surface area contributed by atoms with Gasteiger partial charge < -0.3 is 5.73 Å². The van der Waals surface area contributed by atoms with Crippen molar-refractivity contribution in [1.29, 1.82) is 0 Å². The van der Waals surface area contributed by atoms with E-state index in [2.05, 4.69) is 0 Å². The number of likely N-dealkylation sites (tertiary alicyclic amines) is 1. The standard InChI is InChI=1S/C16H20F6N2/c1-9-8-24(4-3-14(9)23)10(2)11-5-12(15(17,18)19)7-13(6-11)16(20,21)22/h5-7,9-10,14H,3-4,8,23H2,1-2H3. The Hall–Kier alpha value is -1.28. The van der Waals surface area contributed by atoms with Crippen LogP contribution in [0.2, 0.25) is 0 Å². The molecule has 0 spiro atoms. The normalized spacial score (nSPS) is 24.9. The number of hydrogen-bond acceptors (Lipinski definition) is 2. The van der Waals surface area contributed by atoms with E-state index in [-0.39, 0.29) is 23.6 Å². The predicted octanol–water partition coefficient (Wildman–Crippen LogP) is 4.45. The molecule has 1 aromatic rings. The summed E-state index contributed by atoms with van der Waals surface area (Å²) in [7, 11) is 0. The molecule has 3 unspecified atom stereocenters. The van der Waals surface area contributed by atoms with Crippen molar-refractivity contribution < 1.29 is 26.3 Å². The lowest BCUT2D eigenvalue weighted by Gasteiger charge is -2.39. The minimum Gasteiger partial charge on any atom is -0.327 e. The first-order valence-electron chi connectivity index (χ1n) is 7.68. The van der Waals surface area contributed by atoms with Gasteiger partial charge >= 0.3 is 12.4 Å². The van der Waals surface area contributed by atoms with Crippen LogP contribution in [0.3, 0.4) is 0 Å². The molecule has 0 amide bonds. The summed E-state index contributed by atoms with van der Waals surface area (Å²) in [5, 5.41) is 0. The van der Waals surface area contributed by atoms with Crippen molar-refractivity contribution in [3.8, 4) is 0 Å².